The van der Waals surface area contributed by atoms with Crippen LogP contribution >= 0.6 is 11.8 Å². The van der Waals surface area contributed by atoms with Gasteiger partial charge in [0.15, 0.2) is 0 Å². The number of nitrogens with zero attached hydrogens (tertiary/aromatic N) is 3. The molecular formula is C17H18N4O3S. The van der Waals surface area contributed by atoms with E-state index in [9.17, 15) is 14.4 Å². The number of benzene rings is 1. The Labute approximate surface area is 149 Å². The highest BCUT2D eigenvalue weighted by atomic mass is 32.2. The van der Waals surface area contributed by atoms with Gasteiger partial charge in [0.05, 0.1) is 16.8 Å². The summed E-state index contributed by atoms with van der Waals surface area (Å²) in [5.74, 6) is -0.213. The molecular weight excluding hydrogens is 340 g/mol. The van der Waals surface area contributed by atoms with Crippen molar-refractivity contribution in [1.82, 2.24) is 9.78 Å². The van der Waals surface area contributed by atoms with Gasteiger partial charge in [0.1, 0.15) is 12.2 Å². The lowest BCUT2D eigenvalue weighted by Gasteiger charge is -2.24. The lowest BCUT2D eigenvalue weighted by Crippen LogP contribution is -2.40. The quantitative estimate of drug-likeness (QED) is 0.900. The Hall–Kier alpha value is -2.61. The van der Waals surface area contributed by atoms with E-state index in [4.69, 9.17) is 0 Å². The summed E-state index contributed by atoms with van der Waals surface area (Å²) in [6, 6.07) is 5.64. The molecule has 1 aromatic heterocycles. The molecule has 8 heteroatoms. The number of nitrogens with one attached hydrogen (secondary N) is 1. The molecule has 1 aromatic carbocycles. The summed E-state index contributed by atoms with van der Waals surface area (Å²) in [6.07, 6.45) is 1.52. The Balaban J connectivity index is 1.84. The van der Waals surface area contributed by atoms with Crippen LogP contribution in [0.1, 0.15) is 11.1 Å². The molecule has 1 aliphatic rings. The van der Waals surface area contributed by atoms with Crippen LogP contribution in [-0.4, -0.2) is 34.4 Å². The maximum Gasteiger partial charge on any atom is 0.292 e. The molecule has 0 bridgehead atoms. The van der Waals surface area contributed by atoms with E-state index >= 15 is 0 Å². The van der Waals surface area contributed by atoms with Crippen molar-refractivity contribution in [3.63, 3.8) is 0 Å². The second-order valence-corrected chi connectivity index (χ2v) is 6.87. The van der Waals surface area contributed by atoms with E-state index in [1.165, 1.54) is 22.9 Å². The monoisotopic (exact) mass is 358 g/mol. The van der Waals surface area contributed by atoms with E-state index in [1.54, 1.807) is 7.05 Å². The molecule has 130 valence electrons. The van der Waals surface area contributed by atoms with Crippen LogP contribution in [0, 0.1) is 13.8 Å². The van der Waals surface area contributed by atoms with Crippen molar-refractivity contribution in [1.29, 1.82) is 0 Å². The summed E-state index contributed by atoms with van der Waals surface area (Å²) in [5, 5.41) is 6.86. The van der Waals surface area contributed by atoms with Crippen LogP contribution in [0.15, 0.2) is 34.1 Å². The summed E-state index contributed by atoms with van der Waals surface area (Å²) in [5.41, 5.74) is 2.58. The van der Waals surface area contributed by atoms with Crippen LogP contribution in [-0.2, 0) is 16.1 Å². The lowest BCUT2D eigenvalue weighted by atomic mass is 10.1. The number of thioether (sulfide) groups is 1. The number of anilines is 2. The standard InChI is InChI=1S/C17H18N4O3S/c1-10-5-4-6-12(11(10)2)19-14(22)8-21-17(24)16-13(7-18-21)25-9-15(23)20(16)3/h4-7H,8-9H2,1-3H3,(H,19,22). The highest BCUT2D eigenvalue weighted by molar-refractivity contribution is 8.00. The molecule has 0 saturated carbocycles. The van der Waals surface area contributed by atoms with Gasteiger partial charge in [-0.25, -0.2) is 4.68 Å². The number of carbonyl (C=O) groups is 2. The molecule has 3 rings (SSSR count). The average Bonchev–Trinajstić information content (AvgIpc) is 2.57. The molecule has 7 nitrogen and oxygen atoms in total. The third kappa shape index (κ3) is 3.30. The third-order valence-corrected chi connectivity index (χ3v) is 5.22. The number of hydrogen-bond acceptors (Lipinski definition) is 5. The van der Waals surface area contributed by atoms with Gasteiger partial charge in [0.25, 0.3) is 5.56 Å². The second kappa shape index (κ2) is 6.72. The van der Waals surface area contributed by atoms with Crippen molar-refractivity contribution in [2.75, 3.05) is 23.0 Å². The minimum atomic E-state index is -0.448. The normalized spacial score (nSPS) is 13.6. The Bertz CT molecular complexity index is 923. The fourth-order valence-corrected chi connectivity index (χ4v) is 3.52. The molecule has 0 aliphatic carbocycles. The molecule has 2 heterocycles. The number of fused-ring (bicyclic) bond motifs is 1. The molecule has 2 aromatic rings. The van der Waals surface area contributed by atoms with Crippen molar-refractivity contribution >= 4 is 35.0 Å². The van der Waals surface area contributed by atoms with Crippen LogP contribution in [0.25, 0.3) is 0 Å². The molecule has 0 unspecified atom stereocenters. The molecule has 1 N–H and O–H groups in total. The van der Waals surface area contributed by atoms with E-state index in [0.717, 1.165) is 15.8 Å². The number of hydrogen-bond donors (Lipinski definition) is 1. The molecule has 0 spiro atoms. The van der Waals surface area contributed by atoms with Gasteiger partial charge in [-0.15, -0.1) is 11.8 Å². The highest BCUT2D eigenvalue weighted by Gasteiger charge is 2.26. The first kappa shape index (κ1) is 17.2. The third-order valence-electron chi connectivity index (χ3n) is 4.22. The predicted octanol–water partition coefficient (Wildman–Crippen LogP) is 1.57. The van der Waals surface area contributed by atoms with Crippen molar-refractivity contribution < 1.29 is 9.59 Å². The van der Waals surface area contributed by atoms with Crippen LogP contribution < -0.4 is 15.8 Å². The number of amides is 2. The van der Waals surface area contributed by atoms with Crippen molar-refractivity contribution in [3.05, 3.63) is 45.9 Å². The fourth-order valence-electron chi connectivity index (χ4n) is 2.56. The zero-order valence-electron chi connectivity index (χ0n) is 14.2. The van der Waals surface area contributed by atoms with Crippen molar-refractivity contribution in [2.45, 2.75) is 25.3 Å². The molecule has 1 aliphatic heterocycles. The van der Waals surface area contributed by atoms with Gasteiger partial charge in [-0.2, -0.15) is 5.10 Å². The van der Waals surface area contributed by atoms with E-state index in [0.29, 0.717) is 10.6 Å². The summed E-state index contributed by atoms with van der Waals surface area (Å²) < 4.78 is 1.08. The number of rotatable bonds is 3. The number of carbonyl (C=O) groups excluding carboxylic acids is 2. The first-order valence-corrected chi connectivity index (χ1v) is 8.72. The van der Waals surface area contributed by atoms with Gasteiger partial charge in [-0.3, -0.25) is 14.4 Å². The van der Waals surface area contributed by atoms with Gasteiger partial charge in [-0.05, 0) is 31.0 Å². The highest BCUT2D eigenvalue weighted by Crippen LogP contribution is 2.30. The largest absolute Gasteiger partial charge is 0.324 e. The van der Waals surface area contributed by atoms with Crippen LogP contribution in [0.2, 0.25) is 0 Å². The molecule has 0 fully saturated rings. The van der Waals surface area contributed by atoms with Gasteiger partial charge >= 0.3 is 0 Å². The molecule has 25 heavy (non-hydrogen) atoms. The molecule has 2 amide bonds. The topological polar surface area (TPSA) is 84.3 Å². The van der Waals surface area contributed by atoms with Crippen LogP contribution in [0.5, 0.6) is 0 Å². The van der Waals surface area contributed by atoms with Gasteiger partial charge in [-0.1, -0.05) is 12.1 Å². The Morgan fingerprint density at radius 2 is 2.08 bits per heavy atom. The fraction of sp³-hybridized carbons (Fsp3) is 0.294. The summed E-state index contributed by atoms with van der Waals surface area (Å²) in [4.78, 5) is 38.7. The van der Waals surface area contributed by atoms with E-state index < -0.39 is 5.56 Å². The SMILES string of the molecule is Cc1cccc(NC(=O)Cn2ncc3c(c2=O)N(C)C(=O)CS3)c1C. The zero-order chi connectivity index (χ0) is 18.1. The minimum Gasteiger partial charge on any atom is -0.324 e. The maximum absolute atomic E-state index is 12.6. The molecule has 0 saturated heterocycles. The summed E-state index contributed by atoms with van der Waals surface area (Å²) >= 11 is 1.28. The average molecular weight is 358 g/mol. The van der Waals surface area contributed by atoms with Crippen LogP contribution in [0.4, 0.5) is 11.4 Å². The van der Waals surface area contributed by atoms with E-state index in [2.05, 4.69) is 10.4 Å². The number of aromatic nitrogens is 2. The minimum absolute atomic E-state index is 0.146. The van der Waals surface area contributed by atoms with Crippen molar-refractivity contribution in [2.24, 2.45) is 0 Å². The Morgan fingerprint density at radius 1 is 1.32 bits per heavy atom. The van der Waals surface area contributed by atoms with Gasteiger partial charge < -0.3 is 10.2 Å². The summed E-state index contributed by atoms with van der Waals surface area (Å²) in [7, 11) is 1.56. The first-order chi connectivity index (χ1) is 11.9. The Morgan fingerprint density at radius 3 is 2.84 bits per heavy atom. The zero-order valence-corrected chi connectivity index (χ0v) is 15.0. The number of aryl methyl sites for hydroxylation is 1. The maximum atomic E-state index is 12.6. The predicted molar refractivity (Wildman–Crippen MR) is 97.2 cm³/mol. The van der Waals surface area contributed by atoms with Crippen LogP contribution in [0.3, 0.4) is 0 Å². The second-order valence-electron chi connectivity index (χ2n) is 5.86. The van der Waals surface area contributed by atoms with E-state index in [1.807, 2.05) is 32.0 Å². The van der Waals surface area contributed by atoms with Gasteiger partial charge in [0, 0.05) is 12.7 Å². The van der Waals surface area contributed by atoms with Crippen molar-refractivity contribution in [3.8, 4) is 0 Å². The smallest absolute Gasteiger partial charge is 0.292 e. The Kier molecular flexibility index (Phi) is 4.63. The first-order valence-electron chi connectivity index (χ1n) is 7.74. The molecule has 0 radical (unpaired) electrons. The molecule has 0 atom stereocenters. The summed E-state index contributed by atoms with van der Waals surface area (Å²) in [6.45, 7) is 3.67. The van der Waals surface area contributed by atoms with Gasteiger partial charge in [0.2, 0.25) is 11.8 Å². The lowest BCUT2D eigenvalue weighted by molar-refractivity contribution is -0.117. The van der Waals surface area contributed by atoms with E-state index in [-0.39, 0.29) is 29.8 Å².